The summed E-state index contributed by atoms with van der Waals surface area (Å²) in [5.74, 6) is -2.16. The summed E-state index contributed by atoms with van der Waals surface area (Å²) in [4.78, 5) is 13.5. The number of halogens is 3. The molecule has 0 spiro atoms. The number of hydrogen-bond acceptors (Lipinski definition) is 4. The van der Waals surface area contributed by atoms with Crippen LogP contribution in [0.3, 0.4) is 0 Å². The van der Waals surface area contributed by atoms with Crippen molar-refractivity contribution in [1.82, 2.24) is 9.62 Å². The molecule has 1 saturated heterocycles. The van der Waals surface area contributed by atoms with Crippen LogP contribution in [0.15, 0.2) is 29.2 Å². The van der Waals surface area contributed by atoms with Crippen LogP contribution in [-0.4, -0.2) is 58.8 Å². The van der Waals surface area contributed by atoms with Crippen LogP contribution >= 0.6 is 0 Å². The van der Waals surface area contributed by atoms with E-state index in [2.05, 4.69) is 4.72 Å². The second-order valence-corrected chi connectivity index (χ2v) is 7.82. The third kappa shape index (κ3) is 5.18. The lowest BCUT2D eigenvalue weighted by atomic mass is 9.97. The van der Waals surface area contributed by atoms with Crippen molar-refractivity contribution >= 4 is 15.9 Å². The van der Waals surface area contributed by atoms with Gasteiger partial charge in [0.05, 0.1) is 17.4 Å². The molecule has 0 bridgehead atoms. The molecule has 0 saturated carbocycles. The Morgan fingerprint density at radius 3 is 2.77 bits per heavy atom. The molecular weight excluding hydrogens is 373 g/mol. The Bertz CT molecular complexity index is 737. The number of methoxy groups -OCH3 is 1. The topological polar surface area (TPSA) is 75.7 Å². The fourth-order valence-corrected chi connectivity index (χ4v) is 3.83. The number of alkyl halides is 3. The van der Waals surface area contributed by atoms with Gasteiger partial charge in [-0.3, -0.25) is 4.79 Å². The highest BCUT2D eigenvalue weighted by atomic mass is 32.2. The molecule has 1 fully saturated rings. The van der Waals surface area contributed by atoms with Crippen LogP contribution < -0.4 is 4.72 Å². The molecule has 146 valence electrons. The molecule has 2 rings (SSSR count). The first kappa shape index (κ1) is 20.7. The molecule has 10 heteroatoms. The first-order chi connectivity index (χ1) is 12.1. The van der Waals surface area contributed by atoms with E-state index in [1.165, 1.54) is 31.4 Å². The number of nitrogens with one attached hydrogen (secondary N) is 1. The fraction of sp³-hybridized carbons (Fsp3) is 0.562. The van der Waals surface area contributed by atoms with Gasteiger partial charge in [0.1, 0.15) is 0 Å². The molecule has 1 heterocycles. The number of carbonyl (C=O) groups is 1. The normalized spacial score (nSPS) is 18.8. The minimum Gasteiger partial charge on any atom is -0.383 e. The highest BCUT2D eigenvalue weighted by Crippen LogP contribution is 2.33. The SMILES string of the molecule is COCCNS(=O)(=O)c1cccc(C(=O)N2CCCC(C(F)(F)F)C2)c1. The number of carbonyl (C=O) groups excluding carboxylic acids is 1. The number of sulfonamides is 1. The molecule has 26 heavy (non-hydrogen) atoms. The Kier molecular flexibility index (Phi) is 6.64. The number of rotatable bonds is 6. The third-order valence-corrected chi connectivity index (χ3v) is 5.62. The van der Waals surface area contributed by atoms with Crippen molar-refractivity contribution in [1.29, 1.82) is 0 Å². The van der Waals surface area contributed by atoms with Crippen LogP contribution in [0.25, 0.3) is 0 Å². The van der Waals surface area contributed by atoms with Crippen molar-refractivity contribution in [2.45, 2.75) is 23.9 Å². The largest absolute Gasteiger partial charge is 0.393 e. The molecular formula is C16H21F3N2O4S. The Balaban J connectivity index is 2.15. The molecule has 1 aromatic rings. The van der Waals surface area contributed by atoms with Crippen molar-refractivity contribution < 1.29 is 31.1 Å². The molecule has 1 aliphatic rings. The number of amides is 1. The Morgan fingerprint density at radius 2 is 2.12 bits per heavy atom. The van der Waals surface area contributed by atoms with E-state index in [0.29, 0.717) is 0 Å². The minimum atomic E-state index is -4.35. The molecule has 0 radical (unpaired) electrons. The highest BCUT2D eigenvalue weighted by molar-refractivity contribution is 7.89. The van der Waals surface area contributed by atoms with E-state index in [1.807, 2.05) is 0 Å². The summed E-state index contributed by atoms with van der Waals surface area (Å²) in [5.41, 5.74) is 0.0439. The number of piperidine rings is 1. The van der Waals surface area contributed by atoms with Crippen LogP contribution in [0, 0.1) is 5.92 Å². The average molecular weight is 394 g/mol. The summed E-state index contributed by atoms with van der Waals surface area (Å²) in [7, 11) is -2.40. The van der Waals surface area contributed by atoms with E-state index in [1.54, 1.807) is 0 Å². The lowest BCUT2D eigenvalue weighted by Crippen LogP contribution is -2.44. The second kappa shape index (κ2) is 8.36. The maximum Gasteiger partial charge on any atom is 0.393 e. The van der Waals surface area contributed by atoms with Gasteiger partial charge >= 0.3 is 6.18 Å². The van der Waals surface area contributed by atoms with Crippen molar-refractivity contribution in [3.8, 4) is 0 Å². The van der Waals surface area contributed by atoms with Gasteiger partial charge in [-0.15, -0.1) is 0 Å². The smallest absolute Gasteiger partial charge is 0.383 e. The van der Waals surface area contributed by atoms with Gasteiger partial charge in [0.15, 0.2) is 0 Å². The molecule has 1 N–H and O–H groups in total. The molecule has 0 aliphatic carbocycles. The maximum absolute atomic E-state index is 12.9. The van der Waals surface area contributed by atoms with Crippen molar-refractivity contribution in [3.05, 3.63) is 29.8 Å². The lowest BCUT2D eigenvalue weighted by Gasteiger charge is -2.33. The molecule has 1 aromatic carbocycles. The second-order valence-electron chi connectivity index (χ2n) is 6.05. The summed E-state index contributed by atoms with van der Waals surface area (Å²) in [6.07, 6.45) is -4.10. The summed E-state index contributed by atoms with van der Waals surface area (Å²) in [6.45, 7) is 0.0563. The van der Waals surface area contributed by atoms with Gasteiger partial charge in [-0.25, -0.2) is 13.1 Å². The first-order valence-electron chi connectivity index (χ1n) is 8.10. The van der Waals surface area contributed by atoms with Gasteiger partial charge in [0.2, 0.25) is 10.0 Å². The van der Waals surface area contributed by atoms with Gasteiger partial charge in [-0.05, 0) is 31.0 Å². The molecule has 1 amide bonds. The molecule has 6 nitrogen and oxygen atoms in total. The standard InChI is InChI=1S/C16H21F3N2O4S/c1-25-9-7-20-26(23,24)14-6-2-4-12(10-14)15(22)21-8-3-5-13(11-21)16(17,18)19/h2,4,6,10,13,20H,3,5,7-9,11H2,1H3. The van der Waals surface area contributed by atoms with Gasteiger partial charge in [0, 0.05) is 32.3 Å². The van der Waals surface area contributed by atoms with Crippen LogP contribution in [0.1, 0.15) is 23.2 Å². The van der Waals surface area contributed by atoms with E-state index in [4.69, 9.17) is 4.74 Å². The summed E-state index contributed by atoms with van der Waals surface area (Å²) >= 11 is 0. The van der Waals surface area contributed by atoms with Crippen molar-refractivity contribution in [2.75, 3.05) is 33.4 Å². The van der Waals surface area contributed by atoms with Crippen LogP contribution in [0.5, 0.6) is 0 Å². The molecule has 1 atom stereocenters. The quantitative estimate of drug-likeness (QED) is 0.749. The first-order valence-corrected chi connectivity index (χ1v) is 9.58. The zero-order valence-electron chi connectivity index (χ0n) is 14.3. The predicted molar refractivity (Wildman–Crippen MR) is 88.2 cm³/mol. The zero-order valence-corrected chi connectivity index (χ0v) is 15.1. The summed E-state index contributed by atoms with van der Waals surface area (Å²) in [6, 6.07) is 5.28. The minimum absolute atomic E-state index is 0.00881. The Labute approximate surface area is 150 Å². The fourth-order valence-electron chi connectivity index (χ4n) is 2.77. The van der Waals surface area contributed by atoms with Crippen molar-refractivity contribution in [3.63, 3.8) is 0 Å². The zero-order chi connectivity index (χ0) is 19.4. The summed E-state index contributed by atoms with van der Waals surface area (Å²) < 4.78 is 70.2. The van der Waals surface area contributed by atoms with E-state index in [9.17, 15) is 26.4 Å². The van der Waals surface area contributed by atoms with Crippen LogP contribution in [0.4, 0.5) is 13.2 Å². The van der Waals surface area contributed by atoms with Gasteiger partial charge in [0.25, 0.3) is 5.91 Å². The van der Waals surface area contributed by atoms with Gasteiger partial charge in [-0.1, -0.05) is 6.07 Å². The Morgan fingerprint density at radius 1 is 1.38 bits per heavy atom. The van der Waals surface area contributed by atoms with E-state index < -0.39 is 34.6 Å². The number of nitrogens with zero attached hydrogens (tertiary/aromatic N) is 1. The average Bonchev–Trinajstić information content (AvgIpc) is 2.61. The van der Waals surface area contributed by atoms with E-state index in [0.717, 1.165) is 4.90 Å². The van der Waals surface area contributed by atoms with Crippen LogP contribution in [0.2, 0.25) is 0 Å². The predicted octanol–water partition coefficient (Wildman–Crippen LogP) is 2.03. The van der Waals surface area contributed by atoms with Gasteiger partial charge < -0.3 is 9.64 Å². The lowest BCUT2D eigenvalue weighted by molar-refractivity contribution is -0.184. The van der Waals surface area contributed by atoms with Gasteiger partial charge in [-0.2, -0.15) is 13.2 Å². The highest BCUT2D eigenvalue weighted by Gasteiger charge is 2.42. The van der Waals surface area contributed by atoms with Crippen molar-refractivity contribution in [2.24, 2.45) is 5.92 Å². The number of likely N-dealkylation sites (tertiary alicyclic amines) is 1. The monoisotopic (exact) mass is 394 g/mol. The number of ether oxygens (including phenoxy) is 1. The third-order valence-electron chi connectivity index (χ3n) is 4.16. The molecule has 1 unspecified atom stereocenters. The van der Waals surface area contributed by atoms with Crippen LogP contribution in [-0.2, 0) is 14.8 Å². The molecule has 1 aliphatic heterocycles. The van der Waals surface area contributed by atoms with E-state index in [-0.39, 0.29) is 43.0 Å². The maximum atomic E-state index is 12.9. The number of hydrogen-bond donors (Lipinski definition) is 1. The Hall–Kier alpha value is -1.65. The number of benzene rings is 1. The molecule has 0 aromatic heterocycles. The summed E-state index contributed by atoms with van der Waals surface area (Å²) in [5, 5.41) is 0. The van der Waals surface area contributed by atoms with E-state index >= 15 is 0 Å².